The molecule has 0 bridgehead atoms. The maximum atomic E-state index is 13.6. The van der Waals surface area contributed by atoms with Gasteiger partial charge in [-0.2, -0.15) is 4.31 Å². The fraction of sp³-hybridized carbons (Fsp3) is 0.211. The van der Waals surface area contributed by atoms with Crippen molar-refractivity contribution in [2.45, 2.75) is 18.7 Å². The highest BCUT2D eigenvalue weighted by molar-refractivity contribution is 7.89. The van der Waals surface area contributed by atoms with Crippen molar-refractivity contribution in [2.75, 3.05) is 18.4 Å². The van der Waals surface area contributed by atoms with Crippen molar-refractivity contribution in [2.24, 2.45) is 0 Å². The summed E-state index contributed by atoms with van der Waals surface area (Å²) in [7, 11) is -3.58. The minimum absolute atomic E-state index is 0.127. The van der Waals surface area contributed by atoms with Gasteiger partial charge in [0.2, 0.25) is 15.9 Å². The molecule has 2 rings (SSSR count). The van der Waals surface area contributed by atoms with Crippen molar-refractivity contribution < 1.29 is 26.4 Å². The minimum Gasteiger partial charge on any atom is -0.320 e. The lowest BCUT2D eigenvalue weighted by atomic mass is 10.2. The van der Waals surface area contributed by atoms with Crippen LogP contribution in [-0.4, -0.2) is 31.7 Å². The Morgan fingerprint density at radius 1 is 1.00 bits per heavy atom. The van der Waals surface area contributed by atoms with Crippen LogP contribution in [0.4, 0.5) is 18.9 Å². The van der Waals surface area contributed by atoms with Crippen molar-refractivity contribution in [3.63, 3.8) is 0 Å². The molecule has 0 aliphatic heterocycles. The van der Waals surface area contributed by atoms with Gasteiger partial charge in [-0.05, 0) is 35.9 Å². The summed E-state index contributed by atoms with van der Waals surface area (Å²) in [4.78, 5) is 12.0. The number of carbonyl (C=O) groups excluding carboxylic acids is 1. The van der Waals surface area contributed by atoms with Crippen molar-refractivity contribution in [1.82, 2.24) is 4.31 Å². The predicted octanol–water partition coefficient (Wildman–Crippen LogP) is 3.79. The number of carbonyl (C=O) groups is 1. The van der Waals surface area contributed by atoms with Crippen LogP contribution in [0.25, 0.3) is 6.08 Å². The van der Waals surface area contributed by atoms with Gasteiger partial charge < -0.3 is 5.32 Å². The lowest BCUT2D eigenvalue weighted by molar-refractivity contribution is -0.111. The van der Waals surface area contributed by atoms with Crippen molar-refractivity contribution in [3.8, 4) is 0 Å². The normalized spacial score (nSPS) is 11.9. The molecule has 150 valence electrons. The molecule has 0 aliphatic carbocycles. The second-order valence-corrected chi connectivity index (χ2v) is 7.64. The van der Waals surface area contributed by atoms with E-state index in [1.165, 1.54) is 34.6 Å². The fourth-order valence-corrected chi connectivity index (χ4v) is 3.89. The maximum Gasteiger partial charge on any atom is 0.248 e. The average molecular weight is 412 g/mol. The number of nitrogens with one attached hydrogen (secondary N) is 1. The quantitative estimate of drug-likeness (QED) is 0.556. The van der Waals surface area contributed by atoms with Crippen LogP contribution in [-0.2, 0) is 14.8 Å². The van der Waals surface area contributed by atoms with Crippen LogP contribution in [0.1, 0.15) is 19.4 Å². The molecular weight excluding hydrogens is 393 g/mol. The standard InChI is InChI=1S/C19H19F3N2O3S/c1-3-24(4-2)28(26,27)14-8-5-13(6-9-14)7-12-17(25)23-16-11-10-15(20)18(21)19(16)22/h5-12H,3-4H2,1-2H3,(H,23,25)/b12-7+. The number of halogens is 3. The molecule has 1 amide bonds. The summed E-state index contributed by atoms with van der Waals surface area (Å²) in [6, 6.07) is 7.47. The number of benzene rings is 2. The van der Waals surface area contributed by atoms with E-state index in [4.69, 9.17) is 0 Å². The Morgan fingerprint density at radius 2 is 1.61 bits per heavy atom. The van der Waals surface area contributed by atoms with E-state index in [1.54, 1.807) is 13.8 Å². The molecule has 9 heteroatoms. The Balaban J connectivity index is 2.11. The van der Waals surface area contributed by atoms with E-state index in [0.29, 0.717) is 24.7 Å². The summed E-state index contributed by atoms with van der Waals surface area (Å²) < 4.78 is 65.7. The van der Waals surface area contributed by atoms with Crippen LogP contribution >= 0.6 is 0 Å². The fourth-order valence-electron chi connectivity index (χ4n) is 2.43. The molecule has 0 saturated heterocycles. The number of rotatable bonds is 7. The molecule has 0 heterocycles. The van der Waals surface area contributed by atoms with E-state index in [-0.39, 0.29) is 4.90 Å². The van der Waals surface area contributed by atoms with Crippen LogP contribution < -0.4 is 5.32 Å². The maximum absolute atomic E-state index is 13.6. The first-order chi connectivity index (χ1) is 13.2. The third kappa shape index (κ3) is 4.79. The van der Waals surface area contributed by atoms with E-state index in [2.05, 4.69) is 5.32 Å². The topological polar surface area (TPSA) is 66.5 Å². The molecule has 0 aromatic heterocycles. The highest BCUT2D eigenvalue weighted by atomic mass is 32.2. The molecular formula is C19H19F3N2O3S. The van der Waals surface area contributed by atoms with Crippen LogP contribution in [0.15, 0.2) is 47.4 Å². The molecule has 5 nitrogen and oxygen atoms in total. The molecule has 0 radical (unpaired) electrons. The van der Waals surface area contributed by atoms with Crippen LogP contribution in [0, 0.1) is 17.5 Å². The smallest absolute Gasteiger partial charge is 0.248 e. The Labute approximate surface area is 161 Å². The Hall–Kier alpha value is -2.65. The average Bonchev–Trinajstić information content (AvgIpc) is 2.68. The largest absolute Gasteiger partial charge is 0.320 e. The summed E-state index contributed by atoms with van der Waals surface area (Å²) in [5, 5.41) is 2.10. The molecule has 0 aliphatic rings. The first-order valence-corrected chi connectivity index (χ1v) is 9.87. The van der Waals surface area contributed by atoms with Gasteiger partial charge in [0.15, 0.2) is 17.5 Å². The summed E-state index contributed by atoms with van der Waals surface area (Å²) in [5.41, 5.74) is 0.0358. The van der Waals surface area contributed by atoms with Gasteiger partial charge in [-0.25, -0.2) is 21.6 Å². The summed E-state index contributed by atoms with van der Waals surface area (Å²) >= 11 is 0. The monoisotopic (exact) mass is 412 g/mol. The molecule has 28 heavy (non-hydrogen) atoms. The molecule has 2 aromatic carbocycles. The van der Waals surface area contributed by atoms with Gasteiger partial charge in [-0.15, -0.1) is 0 Å². The van der Waals surface area contributed by atoms with Crippen LogP contribution in [0.5, 0.6) is 0 Å². The molecule has 0 saturated carbocycles. The van der Waals surface area contributed by atoms with Gasteiger partial charge in [0, 0.05) is 19.2 Å². The SMILES string of the molecule is CCN(CC)S(=O)(=O)c1ccc(/C=C/C(=O)Nc2ccc(F)c(F)c2F)cc1. The van der Waals surface area contributed by atoms with Gasteiger partial charge >= 0.3 is 0 Å². The van der Waals surface area contributed by atoms with Crippen LogP contribution in [0.3, 0.4) is 0 Å². The lowest BCUT2D eigenvalue weighted by Crippen LogP contribution is -2.30. The van der Waals surface area contributed by atoms with E-state index in [0.717, 1.165) is 12.1 Å². The summed E-state index contributed by atoms with van der Waals surface area (Å²) in [5.74, 6) is -5.28. The van der Waals surface area contributed by atoms with Gasteiger partial charge in [-0.3, -0.25) is 4.79 Å². The van der Waals surface area contributed by atoms with E-state index < -0.39 is 39.1 Å². The van der Waals surface area contributed by atoms with Gasteiger partial charge in [0.25, 0.3) is 0 Å². The third-order valence-electron chi connectivity index (χ3n) is 3.94. The van der Waals surface area contributed by atoms with Crippen molar-refractivity contribution >= 4 is 27.7 Å². The zero-order valence-corrected chi connectivity index (χ0v) is 16.1. The number of amides is 1. The number of hydrogen-bond acceptors (Lipinski definition) is 3. The van der Waals surface area contributed by atoms with Gasteiger partial charge in [-0.1, -0.05) is 26.0 Å². The first-order valence-electron chi connectivity index (χ1n) is 8.43. The second-order valence-electron chi connectivity index (χ2n) is 5.70. The highest BCUT2D eigenvalue weighted by Crippen LogP contribution is 2.20. The first kappa shape index (κ1) is 21.6. The lowest BCUT2D eigenvalue weighted by Gasteiger charge is -2.18. The number of hydrogen-bond donors (Lipinski definition) is 1. The zero-order valence-electron chi connectivity index (χ0n) is 15.2. The summed E-state index contributed by atoms with van der Waals surface area (Å²) in [6.07, 6.45) is 2.44. The van der Waals surface area contributed by atoms with E-state index in [9.17, 15) is 26.4 Å². The van der Waals surface area contributed by atoms with E-state index >= 15 is 0 Å². The number of nitrogens with zero attached hydrogens (tertiary/aromatic N) is 1. The van der Waals surface area contributed by atoms with Gasteiger partial charge in [0.05, 0.1) is 10.6 Å². The Bertz CT molecular complexity index is 986. The minimum atomic E-state index is -3.58. The Kier molecular flexibility index (Phi) is 6.98. The molecule has 1 N–H and O–H groups in total. The molecule has 0 unspecified atom stereocenters. The molecule has 0 fully saturated rings. The molecule has 0 spiro atoms. The summed E-state index contributed by atoms with van der Waals surface area (Å²) in [6.45, 7) is 4.18. The molecule has 2 aromatic rings. The number of sulfonamides is 1. The second kappa shape index (κ2) is 9.03. The van der Waals surface area contributed by atoms with Crippen molar-refractivity contribution in [3.05, 3.63) is 65.5 Å². The zero-order chi connectivity index (χ0) is 20.9. The van der Waals surface area contributed by atoms with E-state index in [1.807, 2.05) is 0 Å². The van der Waals surface area contributed by atoms with Crippen molar-refractivity contribution in [1.29, 1.82) is 0 Å². The predicted molar refractivity (Wildman–Crippen MR) is 101 cm³/mol. The number of anilines is 1. The highest BCUT2D eigenvalue weighted by Gasteiger charge is 2.21. The van der Waals surface area contributed by atoms with Gasteiger partial charge in [0.1, 0.15) is 0 Å². The molecule has 0 atom stereocenters. The van der Waals surface area contributed by atoms with Crippen LogP contribution in [0.2, 0.25) is 0 Å². The Morgan fingerprint density at radius 3 is 2.18 bits per heavy atom. The third-order valence-corrected chi connectivity index (χ3v) is 6.01.